The van der Waals surface area contributed by atoms with Crippen molar-refractivity contribution in [2.75, 3.05) is 40.4 Å². The first-order valence-corrected chi connectivity index (χ1v) is 9.54. The number of benzene rings is 1. The molecule has 2 heterocycles. The number of nitrogens with zero attached hydrogens (tertiary/aromatic N) is 4. The predicted octanol–water partition coefficient (Wildman–Crippen LogP) is 0.694. The Bertz CT molecular complexity index is 833. The molecule has 0 aliphatic carbocycles. The Morgan fingerprint density at radius 1 is 1.34 bits per heavy atom. The van der Waals surface area contributed by atoms with Crippen LogP contribution >= 0.6 is 0 Å². The number of methoxy groups -OCH3 is 1. The van der Waals surface area contributed by atoms with Gasteiger partial charge in [0.15, 0.2) is 5.96 Å². The lowest BCUT2D eigenvalue weighted by Gasteiger charge is -2.34. The van der Waals surface area contributed by atoms with Gasteiger partial charge in [0.05, 0.1) is 33.0 Å². The van der Waals surface area contributed by atoms with Crippen LogP contribution in [0.15, 0.2) is 41.7 Å². The molecule has 1 aliphatic rings. The Hall–Kier alpha value is -3.07. The number of carbonyl (C=O) groups excluding carboxylic acids is 1. The average molecular weight is 400 g/mol. The van der Waals surface area contributed by atoms with Crippen LogP contribution in [0.4, 0.5) is 0 Å². The highest BCUT2D eigenvalue weighted by atomic mass is 16.5. The van der Waals surface area contributed by atoms with E-state index in [4.69, 9.17) is 9.47 Å². The summed E-state index contributed by atoms with van der Waals surface area (Å²) in [6, 6.07) is 7.60. The Balaban J connectivity index is 1.47. The summed E-state index contributed by atoms with van der Waals surface area (Å²) in [6.07, 6.45) is 3.70. The average Bonchev–Trinajstić information content (AvgIpc) is 3.19. The third-order valence-corrected chi connectivity index (χ3v) is 4.73. The van der Waals surface area contributed by atoms with E-state index in [1.54, 1.807) is 18.8 Å². The maximum Gasteiger partial charge on any atom is 0.239 e. The standard InChI is InChI=1S/C20H28N6O3/c1-21-20(26-8-9-29-18(14-26)16-11-24-25(2)13-16)23-12-19(27)22-10-15-4-6-17(28-3)7-5-15/h4-7,11,13,18H,8-10,12,14H2,1-3H3,(H,21,23)(H,22,27). The second kappa shape index (κ2) is 9.92. The molecule has 1 aromatic carbocycles. The van der Waals surface area contributed by atoms with E-state index < -0.39 is 0 Å². The van der Waals surface area contributed by atoms with Crippen LogP contribution in [-0.2, 0) is 23.1 Å². The number of rotatable bonds is 6. The molecule has 9 heteroatoms. The van der Waals surface area contributed by atoms with Gasteiger partial charge < -0.3 is 25.0 Å². The third-order valence-electron chi connectivity index (χ3n) is 4.73. The summed E-state index contributed by atoms with van der Waals surface area (Å²) in [4.78, 5) is 18.6. The second-order valence-corrected chi connectivity index (χ2v) is 6.78. The Labute approximate surface area is 170 Å². The first-order chi connectivity index (χ1) is 14.1. The van der Waals surface area contributed by atoms with Crippen molar-refractivity contribution < 1.29 is 14.3 Å². The molecule has 156 valence electrons. The molecule has 1 unspecified atom stereocenters. The van der Waals surface area contributed by atoms with Crippen molar-refractivity contribution >= 4 is 11.9 Å². The van der Waals surface area contributed by atoms with Gasteiger partial charge >= 0.3 is 0 Å². The number of hydrogen-bond acceptors (Lipinski definition) is 5. The zero-order chi connectivity index (χ0) is 20.6. The number of aliphatic imine (C=N–C) groups is 1. The zero-order valence-corrected chi connectivity index (χ0v) is 17.1. The van der Waals surface area contributed by atoms with E-state index in [0.717, 1.165) is 16.9 Å². The molecule has 1 saturated heterocycles. The monoisotopic (exact) mass is 400 g/mol. The number of nitrogens with one attached hydrogen (secondary N) is 2. The minimum Gasteiger partial charge on any atom is -0.497 e. The summed E-state index contributed by atoms with van der Waals surface area (Å²) in [5.74, 6) is 1.38. The summed E-state index contributed by atoms with van der Waals surface area (Å²) < 4.78 is 12.8. The van der Waals surface area contributed by atoms with Crippen LogP contribution in [0.1, 0.15) is 17.2 Å². The molecule has 3 rings (SSSR count). The van der Waals surface area contributed by atoms with Crippen LogP contribution in [0.3, 0.4) is 0 Å². The van der Waals surface area contributed by atoms with E-state index in [1.807, 2.05) is 43.7 Å². The topological polar surface area (TPSA) is 93.0 Å². The summed E-state index contributed by atoms with van der Waals surface area (Å²) >= 11 is 0. The minimum atomic E-state index is -0.0981. The molecule has 29 heavy (non-hydrogen) atoms. The van der Waals surface area contributed by atoms with Crippen LogP contribution in [-0.4, -0.2) is 66.9 Å². The highest BCUT2D eigenvalue weighted by Gasteiger charge is 2.25. The summed E-state index contributed by atoms with van der Waals surface area (Å²) in [5.41, 5.74) is 2.04. The fourth-order valence-electron chi connectivity index (χ4n) is 3.15. The second-order valence-electron chi connectivity index (χ2n) is 6.78. The predicted molar refractivity (Wildman–Crippen MR) is 110 cm³/mol. The molecule has 2 N–H and O–H groups in total. The number of ether oxygens (including phenoxy) is 2. The van der Waals surface area contributed by atoms with Gasteiger partial charge in [-0.05, 0) is 17.7 Å². The highest BCUT2D eigenvalue weighted by Crippen LogP contribution is 2.21. The van der Waals surface area contributed by atoms with Crippen LogP contribution in [0.25, 0.3) is 0 Å². The maximum atomic E-state index is 12.2. The summed E-state index contributed by atoms with van der Waals surface area (Å²) in [6.45, 7) is 2.56. The SMILES string of the molecule is CN=C(NCC(=O)NCc1ccc(OC)cc1)N1CCOC(c2cnn(C)c2)C1. The number of carbonyl (C=O) groups is 1. The molecular formula is C20H28N6O3. The van der Waals surface area contributed by atoms with E-state index in [2.05, 4.69) is 25.6 Å². The van der Waals surface area contributed by atoms with Crippen molar-refractivity contribution in [2.24, 2.45) is 12.0 Å². The van der Waals surface area contributed by atoms with Crippen LogP contribution < -0.4 is 15.4 Å². The quantitative estimate of drug-likeness (QED) is 0.548. The molecule has 2 aromatic rings. The molecule has 0 radical (unpaired) electrons. The maximum absolute atomic E-state index is 12.2. The van der Waals surface area contributed by atoms with Gasteiger partial charge in [0.2, 0.25) is 5.91 Å². The number of hydrogen-bond donors (Lipinski definition) is 2. The van der Waals surface area contributed by atoms with Crippen molar-refractivity contribution in [1.29, 1.82) is 0 Å². The lowest BCUT2D eigenvalue weighted by molar-refractivity contribution is -0.120. The molecule has 0 saturated carbocycles. The van der Waals surface area contributed by atoms with Gasteiger partial charge in [0.1, 0.15) is 11.9 Å². The van der Waals surface area contributed by atoms with E-state index in [1.165, 1.54) is 0 Å². The highest BCUT2D eigenvalue weighted by molar-refractivity contribution is 5.86. The van der Waals surface area contributed by atoms with Gasteiger partial charge in [-0.25, -0.2) is 0 Å². The van der Waals surface area contributed by atoms with Gasteiger partial charge in [0, 0.05) is 38.9 Å². The van der Waals surface area contributed by atoms with Gasteiger partial charge in [-0.2, -0.15) is 5.10 Å². The fourth-order valence-corrected chi connectivity index (χ4v) is 3.15. The molecule has 0 spiro atoms. The first kappa shape index (κ1) is 20.7. The van der Waals surface area contributed by atoms with E-state index in [9.17, 15) is 4.79 Å². The molecular weight excluding hydrogens is 372 g/mol. The largest absolute Gasteiger partial charge is 0.497 e. The number of amides is 1. The smallest absolute Gasteiger partial charge is 0.239 e. The zero-order valence-electron chi connectivity index (χ0n) is 17.1. The molecule has 1 amide bonds. The molecule has 1 fully saturated rings. The van der Waals surface area contributed by atoms with E-state index >= 15 is 0 Å². The third kappa shape index (κ3) is 5.71. The van der Waals surface area contributed by atoms with Gasteiger partial charge in [-0.1, -0.05) is 12.1 Å². The number of guanidine groups is 1. The van der Waals surface area contributed by atoms with E-state index in [-0.39, 0.29) is 18.6 Å². The molecule has 9 nitrogen and oxygen atoms in total. The lowest BCUT2D eigenvalue weighted by atomic mass is 10.1. The fraction of sp³-hybridized carbons (Fsp3) is 0.450. The summed E-state index contributed by atoms with van der Waals surface area (Å²) in [7, 11) is 5.23. The van der Waals surface area contributed by atoms with Gasteiger partial charge in [0.25, 0.3) is 0 Å². The minimum absolute atomic E-state index is 0.0695. The first-order valence-electron chi connectivity index (χ1n) is 9.54. The number of aromatic nitrogens is 2. The van der Waals surface area contributed by atoms with Crippen molar-refractivity contribution in [1.82, 2.24) is 25.3 Å². The van der Waals surface area contributed by atoms with Gasteiger partial charge in [-0.15, -0.1) is 0 Å². The summed E-state index contributed by atoms with van der Waals surface area (Å²) in [5, 5.41) is 10.3. The van der Waals surface area contributed by atoms with Gasteiger partial charge in [-0.3, -0.25) is 14.5 Å². The molecule has 1 aliphatic heterocycles. The molecule has 1 aromatic heterocycles. The van der Waals surface area contributed by atoms with Crippen molar-refractivity contribution in [3.63, 3.8) is 0 Å². The van der Waals surface area contributed by atoms with Crippen LogP contribution in [0, 0.1) is 0 Å². The van der Waals surface area contributed by atoms with Crippen molar-refractivity contribution in [2.45, 2.75) is 12.6 Å². The normalized spacial score (nSPS) is 17.1. The Morgan fingerprint density at radius 3 is 2.79 bits per heavy atom. The molecule has 0 bridgehead atoms. The van der Waals surface area contributed by atoms with Crippen LogP contribution in [0.2, 0.25) is 0 Å². The number of morpholine rings is 1. The number of aryl methyl sites for hydroxylation is 1. The van der Waals surface area contributed by atoms with Crippen molar-refractivity contribution in [3.05, 3.63) is 47.8 Å². The molecule has 1 atom stereocenters. The Kier molecular flexibility index (Phi) is 7.07. The van der Waals surface area contributed by atoms with Crippen molar-refractivity contribution in [3.8, 4) is 5.75 Å². The van der Waals surface area contributed by atoms with Crippen LogP contribution in [0.5, 0.6) is 5.75 Å². The van der Waals surface area contributed by atoms with E-state index in [0.29, 0.717) is 32.2 Å². The Morgan fingerprint density at radius 2 is 2.14 bits per heavy atom. The lowest BCUT2D eigenvalue weighted by Crippen LogP contribution is -2.50.